The van der Waals surface area contributed by atoms with Crippen molar-refractivity contribution < 1.29 is 58.7 Å². The molecule has 65 heavy (non-hydrogen) atoms. The molecule has 2 unspecified atom stereocenters. The zero-order valence-corrected chi connectivity index (χ0v) is 39.7. The van der Waals surface area contributed by atoms with Gasteiger partial charge in [0.15, 0.2) is 23.8 Å². The summed E-state index contributed by atoms with van der Waals surface area (Å²) in [5, 5.41) is 39.4. The van der Waals surface area contributed by atoms with E-state index in [0.717, 1.165) is 33.4 Å². The lowest BCUT2D eigenvalue weighted by atomic mass is 9.71. The number of aliphatic hydroxyl groups is 3. The van der Waals surface area contributed by atoms with Crippen LogP contribution in [0.15, 0.2) is 130 Å². The standard InChI is InChI=1S/C52H69NO12/c1-34(15-11-12-16-35(2)18-14-20-37(4)22-24-41-39(6)49(63)43(30-51(41,9)10)65-47(61)28-26-45(58)59)17-13-19-36(3)21-23-40-38(5)48(62)42(29-50(40,7)8)64-46(60)27-25-44(57)53-52(31-54,32-55)33-56/h11-24,42-43,54-56H,25-33H2,1-10H3,(H,53,57)(H,58,59). The minimum atomic E-state index is -1.60. The zero-order valence-electron chi connectivity index (χ0n) is 39.7. The predicted octanol–water partition coefficient (Wildman–Crippen LogP) is 7.48. The molecule has 0 radical (unpaired) electrons. The van der Waals surface area contributed by atoms with Crippen LogP contribution < -0.4 is 5.32 Å². The molecule has 354 valence electrons. The van der Waals surface area contributed by atoms with Gasteiger partial charge in [0.1, 0.15) is 5.54 Å². The van der Waals surface area contributed by atoms with Crippen molar-refractivity contribution in [1.29, 1.82) is 0 Å². The largest absolute Gasteiger partial charge is 0.481 e. The highest BCUT2D eigenvalue weighted by atomic mass is 16.6. The number of ether oxygens (including phenoxy) is 2. The highest BCUT2D eigenvalue weighted by Crippen LogP contribution is 2.42. The van der Waals surface area contributed by atoms with E-state index in [9.17, 15) is 44.1 Å². The van der Waals surface area contributed by atoms with Gasteiger partial charge in [0.2, 0.25) is 5.91 Å². The fourth-order valence-electron chi connectivity index (χ4n) is 7.24. The molecule has 0 aliphatic heterocycles. The number of hydrogen-bond acceptors (Lipinski definition) is 11. The molecule has 0 bridgehead atoms. The van der Waals surface area contributed by atoms with Gasteiger partial charge in [-0.05, 0) is 74.7 Å². The average molecular weight is 900 g/mol. The third-order valence-corrected chi connectivity index (χ3v) is 11.2. The molecule has 2 atom stereocenters. The Kier molecular flexibility index (Phi) is 21.9. The number of carbonyl (C=O) groups is 6. The van der Waals surface area contributed by atoms with Crippen LogP contribution in [-0.2, 0) is 38.2 Å². The number of esters is 2. The second-order valence-corrected chi connectivity index (χ2v) is 18.0. The first-order valence-electron chi connectivity index (χ1n) is 21.7. The van der Waals surface area contributed by atoms with E-state index in [1.54, 1.807) is 13.8 Å². The molecule has 0 saturated carbocycles. The molecule has 0 aromatic carbocycles. The molecule has 0 aromatic rings. The quantitative estimate of drug-likeness (QED) is 0.0528. The van der Waals surface area contributed by atoms with E-state index in [2.05, 4.69) is 5.32 Å². The van der Waals surface area contributed by atoms with Crippen molar-refractivity contribution in [1.82, 2.24) is 5.32 Å². The smallest absolute Gasteiger partial charge is 0.307 e. The molecule has 0 fully saturated rings. The van der Waals surface area contributed by atoms with Crippen molar-refractivity contribution in [2.45, 2.75) is 126 Å². The van der Waals surface area contributed by atoms with Gasteiger partial charge in [-0.15, -0.1) is 0 Å². The van der Waals surface area contributed by atoms with Crippen LogP contribution in [0.4, 0.5) is 0 Å². The summed E-state index contributed by atoms with van der Waals surface area (Å²) in [7, 11) is 0. The molecule has 0 saturated heterocycles. The van der Waals surface area contributed by atoms with E-state index < -0.39 is 72.2 Å². The third-order valence-electron chi connectivity index (χ3n) is 11.2. The summed E-state index contributed by atoms with van der Waals surface area (Å²) >= 11 is 0. The van der Waals surface area contributed by atoms with Crippen molar-refractivity contribution in [2.24, 2.45) is 10.8 Å². The predicted molar refractivity (Wildman–Crippen MR) is 251 cm³/mol. The molecule has 0 aromatic heterocycles. The summed E-state index contributed by atoms with van der Waals surface area (Å²) < 4.78 is 10.9. The summed E-state index contributed by atoms with van der Waals surface area (Å²) in [6.45, 7) is 17.2. The number of ketones is 2. The van der Waals surface area contributed by atoms with Crippen LogP contribution in [0.1, 0.15) is 108 Å². The topological polar surface area (TPSA) is 214 Å². The van der Waals surface area contributed by atoms with Gasteiger partial charge in [-0.25, -0.2) is 0 Å². The van der Waals surface area contributed by atoms with Crippen LogP contribution in [0.3, 0.4) is 0 Å². The highest BCUT2D eigenvalue weighted by molar-refractivity contribution is 6.02. The first kappa shape index (κ1) is 55.4. The number of aliphatic hydroxyl groups excluding tert-OH is 3. The molecule has 2 aliphatic rings. The molecule has 1 amide bonds. The summed E-state index contributed by atoms with van der Waals surface area (Å²) in [6, 6.07) is 0. The van der Waals surface area contributed by atoms with Gasteiger partial charge in [-0.2, -0.15) is 0 Å². The van der Waals surface area contributed by atoms with Crippen LogP contribution in [0.2, 0.25) is 0 Å². The Labute approximate surface area is 384 Å². The Morgan fingerprint density at radius 3 is 1.32 bits per heavy atom. The van der Waals surface area contributed by atoms with E-state index in [1.165, 1.54) is 0 Å². The van der Waals surface area contributed by atoms with Crippen molar-refractivity contribution in [3.05, 3.63) is 130 Å². The minimum Gasteiger partial charge on any atom is -0.481 e. The van der Waals surface area contributed by atoms with Crippen molar-refractivity contribution >= 4 is 35.4 Å². The number of carboxylic acids is 1. The average Bonchev–Trinajstić information content (AvgIpc) is 3.23. The maximum Gasteiger partial charge on any atom is 0.307 e. The van der Waals surface area contributed by atoms with E-state index >= 15 is 0 Å². The highest BCUT2D eigenvalue weighted by Gasteiger charge is 2.41. The van der Waals surface area contributed by atoms with Gasteiger partial charge in [0, 0.05) is 19.3 Å². The maximum absolute atomic E-state index is 13.3. The SMILES string of the molecule is CC(C=CC=C(C)C=CC1=C(C)C(=O)C(OC(=O)CCC(=O)O)CC1(C)C)=CC=CC=C(C)C=CC=C(C)C=CC1=C(C)C(=O)C(OC(=O)CCC(=O)NC(CO)(CO)CO)CC1(C)C. The van der Waals surface area contributed by atoms with Crippen molar-refractivity contribution in [2.75, 3.05) is 19.8 Å². The Balaban J connectivity index is 1.96. The first-order chi connectivity index (χ1) is 30.4. The molecular weight excluding hydrogens is 831 g/mol. The number of nitrogens with one attached hydrogen (secondary N) is 1. The molecule has 0 heterocycles. The summed E-state index contributed by atoms with van der Waals surface area (Å²) in [6.07, 6.45) is 24.9. The first-order valence-corrected chi connectivity index (χ1v) is 21.7. The normalized spacial score (nSPS) is 20.3. The molecule has 2 aliphatic carbocycles. The Morgan fingerprint density at radius 1 is 0.600 bits per heavy atom. The van der Waals surface area contributed by atoms with Crippen LogP contribution in [0.25, 0.3) is 0 Å². The third kappa shape index (κ3) is 18.0. The number of aliphatic carboxylic acids is 1. The van der Waals surface area contributed by atoms with Gasteiger partial charge in [-0.1, -0.05) is 135 Å². The molecule has 5 N–H and O–H groups in total. The fourth-order valence-corrected chi connectivity index (χ4v) is 7.24. The van der Waals surface area contributed by atoms with Crippen LogP contribution in [-0.4, -0.2) is 93.4 Å². The lowest BCUT2D eigenvalue weighted by Gasteiger charge is -2.36. The molecule has 13 heteroatoms. The lowest BCUT2D eigenvalue weighted by Crippen LogP contribution is -2.57. The van der Waals surface area contributed by atoms with Crippen molar-refractivity contribution in [3.63, 3.8) is 0 Å². The Hall–Kier alpha value is -5.76. The Morgan fingerprint density at radius 2 is 0.954 bits per heavy atom. The summed E-state index contributed by atoms with van der Waals surface area (Å²) in [5.41, 5.74) is 4.20. The number of hydrogen-bond donors (Lipinski definition) is 5. The molecule has 2 rings (SSSR count). The number of rotatable bonds is 22. The number of carboxylic acid groups (broad SMARTS) is 1. The summed E-state index contributed by atoms with van der Waals surface area (Å²) in [4.78, 5) is 74.0. The minimum absolute atomic E-state index is 0.262. The van der Waals surface area contributed by atoms with Crippen LogP contribution in [0, 0.1) is 10.8 Å². The number of Topliss-reactive ketones (excluding diaryl/α,β-unsaturated/α-hetero) is 2. The molecule has 0 spiro atoms. The maximum atomic E-state index is 13.3. The van der Waals surface area contributed by atoms with Gasteiger partial charge in [-0.3, -0.25) is 28.8 Å². The monoisotopic (exact) mass is 899 g/mol. The van der Waals surface area contributed by atoms with Crippen LogP contribution >= 0.6 is 0 Å². The van der Waals surface area contributed by atoms with E-state index in [-0.39, 0.29) is 43.7 Å². The fraction of sp³-hybridized carbons (Fsp3) is 0.462. The van der Waals surface area contributed by atoms with Crippen LogP contribution in [0.5, 0.6) is 0 Å². The van der Waals surface area contributed by atoms with Gasteiger partial charge >= 0.3 is 17.9 Å². The lowest BCUT2D eigenvalue weighted by molar-refractivity contribution is -0.157. The Bertz CT molecular complexity index is 2130. The van der Waals surface area contributed by atoms with E-state index in [4.69, 9.17) is 14.6 Å². The van der Waals surface area contributed by atoms with Crippen molar-refractivity contribution in [3.8, 4) is 0 Å². The number of amides is 1. The zero-order chi connectivity index (χ0) is 49.1. The van der Waals surface area contributed by atoms with E-state index in [0.29, 0.717) is 17.6 Å². The van der Waals surface area contributed by atoms with Gasteiger partial charge in [0.25, 0.3) is 0 Å². The number of carbonyl (C=O) groups excluding carboxylic acids is 5. The molecule has 13 nitrogen and oxygen atoms in total. The molecular formula is C52H69NO12. The number of allylic oxidation sites excluding steroid dienone is 20. The van der Waals surface area contributed by atoms with Gasteiger partial charge in [0.05, 0.1) is 39.1 Å². The summed E-state index contributed by atoms with van der Waals surface area (Å²) in [5.74, 6) is -3.76. The second kappa shape index (κ2) is 25.7. The van der Waals surface area contributed by atoms with Gasteiger partial charge < -0.3 is 35.2 Å². The van der Waals surface area contributed by atoms with E-state index in [1.807, 2.05) is 140 Å². The second-order valence-electron chi connectivity index (χ2n) is 18.0.